The molecule has 178 valence electrons. The smallest absolute Gasteiger partial charge is 0.435 e. The summed E-state index contributed by atoms with van der Waals surface area (Å²) in [6, 6.07) is -0.714. The summed E-state index contributed by atoms with van der Waals surface area (Å²) in [5.74, 6) is 0.0315. The van der Waals surface area contributed by atoms with Crippen LogP contribution in [0.2, 0.25) is 0 Å². The van der Waals surface area contributed by atoms with Gasteiger partial charge in [-0.1, -0.05) is 34.6 Å². The fourth-order valence-electron chi connectivity index (χ4n) is 4.98. The molecule has 3 atom stereocenters. The average Bonchev–Trinajstić information content (AvgIpc) is 2.92. The highest BCUT2D eigenvalue weighted by Gasteiger charge is 2.61. The van der Waals surface area contributed by atoms with Crippen LogP contribution in [0.1, 0.15) is 94.4 Å². The van der Waals surface area contributed by atoms with Gasteiger partial charge in [0.15, 0.2) is 0 Å². The molecule has 1 aliphatic carbocycles. The number of hydrogen-bond donors (Lipinski definition) is 1. The lowest BCUT2D eigenvalue weighted by Gasteiger charge is -2.44. The van der Waals surface area contributed by atoms with E-state index in [-0.39, 0.29) is 30.0 Å². The van der Waals surface area contributed by atoms with E-state index in [0.29, 0.717) is 6.42 Å². The van der Waals surface area contributed by atoms with Crippen molar-refractivity contribution in [3.63, 3.8) is 0 Å². The Labute approximate surface area is 187 Å². The molecular weight excluding hydrogens is 396 g/mol. The second kappa shape index (κ2) is 8.38. The van der Waals surface area contributed by atoms with E-state index in [4.69, 9.17) is 4.74 Å². The first-order chi connectivity index (χ1) is 13.9. The zero-order chi connectivity index (χ0) is 24.0. The van der Waals surface area contributed by atoms with Gasteiger partial charge in [-0.15, -0.1) is 4.48 Å². The van der Waals surface area contributed by atoms with Gasteiger partial charge in [0.25, 0.3) is 0 Å². The summed E-state index contributed by atoms with van der Waals surface area (Å²) < 4.78 is 4.75. The van der Waals surface area contributed by atoms with Crippen molar-refractivity contribution in [1.82, 2.24) is 4.90 Å². The van der Waals surface area contributed by atoms with Gasteiger partial charge >= 0.3 is 12.2 Å². The second-order valence-corrected chi connectivity index (χ2v) is 12.4. The minimum Gasteiger partial charge on any atom is -0.435 e. The number of ether oxygens (including phenoxy) is 1. The fraction of sp³-hybridized carbons (Fsp3) is 0.875. The summed E-state index contributed by atoms with van der Waals surface area (Å²) in [4.78, 5) is 41.0. The number of amides is 3. The van der Waals surface area contributed by atoms with Gasteiger partial charge in [0.05, 0.1) is 6.04 Å². The largest absolute Gasteiger partial charge is 0.527 e. The monoisotopic (exact) mass is 439 g/mol. The van der Waals surface area contributed by atoms with Gasteiger partial charge in [0.1, 0.15) is 18.2 Å². The fourth-order valence-corrected chi connectivity index (χ4v) is 4.98. The van der Waals surface area contributed by atoms with Crippen LogP contribution in [-0.2, 0) is 9.53 Å². The van der Waals surface area contributed by atoms with Crippen molar-refractivity contribution in [1.29, 1.82) is 0 Å². The molecule has 0 bridgehead atoms. The predicted octanol–water partition coefficient (Wildman–Crippen LogP) is 5.42. The lowest BCUT2D eigenvalue weighted by Crippen LogP contribution is -2.61. The van der Waals surface area contributed by atoms with Gasteiger partial charge in [-0.25, -0.2) is 0 Å². The molecule has 0 radical (unpaired) electrons. The van der Waals surface area contributed by atoms with Crippen molar-refractivity contribution in [3.8, 4) is 0 Å². The van der Waals surface area contributed by atoms with Crippen LogP contribution in [-0.4, -0.2) is 62.9 Å². The van der Waals surface area contributed by atoms with Crippen molar-refractivity contribution < 1.29 is 28.7 Å². The number of imide groups is 1. The van der Waals surface area contributed by atoms with Crippen molar-refractivity contribution >= 4 is 18.1 Å². The SMILES string of the molecule is CC1C[C@H](N(C(=O)C(C)(C)C)C2CCC(C)(C)CC2)C[N+]1(C(=O)O)C(=O)OC(C)(C)C. The standard InChI is InChI=1S/C24H42N2O5/c1-16-14-18(15-26(16,20(28)29)21(30)31-23(5,6)7)25(19(27)22(2,3)4)17-10-12-24(8,9)13-11-17/h16-18H,10-15H2,1-9H3/p+1/t16?,18-,26?/m0/s1. The van der Waals surface area contributed by atoms with Crippen molar-refractivity contribution in [2.75, 3.05) is 6.54 Å². The molecular formula is C24H43N2O5+. The molecule has 2 unspecified atom stereocenters. The van der Waals surface area contributed by atoms with E-state index in [1.807, 2.05) is 25.7 Å². The number of carboxylic acid groups (broad SMARTS) is 1. The molecule has 7 heteroatoms. The summed E-state index contributed by atoms with van der Waals surface area (Å²) in [5.41, 5.74) is -1.11. The lowest BCUT2D eigenvalue weighted by atomic mass is 9.74. The molecule has 1 N–H and O–H groups in total. The number of rotatable bonds is 2. The third-order valence-electron chi connectivity index (χ3n) is 6.90. The maximum absolute atomic E-state index is 13.6. The van der Waals surface area contributed by atoms with Crippen LogP contribution in [0.4, 0.5) is 9.59 Å². The number of quaternary nitrogens is 1. The minimum absolute atomic E-state index is 0.0315. The summed E-state index contributed by atoms with van der Waals surface area (Å²) >= 11 is 0. The van der Waals surface area contributed by atoms with Crippen molar-refractivity contribution in [3.05, 3.63) is 0 Å². The average molecular weight is 440 g/mol. The number of nitrogens with zero attached hydrogens (tertiary/aromatic N) is 2. The first-order valence-electron chi connectivity index (χ1n) is 11.6. The number of hydrogen-bond acceptors (Lipinski definition) is 4. The van der Waals surface area contributed by atoms with Crippen LogP contribution in [0.15, 0.2) is 0 Å². The van der Waals surface area contributed by atoms with Gasteiger partial charge in [-0.05, 0) is 58.8 Å². The normalized spacial score (nSPS) is 29.5. The molecule has 2 rings (SSSR count). The summed E-state index contributed by atoms with van der Waals surface area (Å²) in [6.45, 7) is 17.3. The highest BCUT2D eigenvalue weighted by atomic mass is 16.6. The highest BCUT2D eigenvalue weighted by Crippen LogP contribution is 2.41. The van der Waals surface area contributed by atoms with E-state index < -0.39 is 33.7 Å². The van der Waals surface area contributed by atoms with Gasteiger partial charge in [-0.2, -0.15) is 9.59 Å². The third kappa shape index (κ3) is 5.41. The van der Waals surface area contributed by atoms with Crippen molar-refractivity contribution in [2.24, 2.45) is 10.8 Å². The second-order valence-electron chi connectivity index (χ2n) is 12.4. The van der Waals surface area contributed by atoms with Crippen LogP contribution in [0, 0.1) is 10.8 Å². The maximum Gasteiger partial charge on any atom is 0.527 e. The van der Waals surface area contributed by atoms with E-state index in [1.54, 1.807) is 27.7 Å². The summed E-state index contributed by atoms with van der Waals surface area (Å²) in [7, 11) is 0. The van der Waals surface area contributed by atoms with E-state index in [0.717, 1.165) is 25.7 Å². The molecule has 0 aromatic heterocycles. The van der Waals surface area contributed by atoms with Gasteiger partial charge in [-0.3, -0.25) is 4.79 Å². The van der Waals surface area contributed by atoms with E-state index in [2.05, 4.69) is 13.8 Å². The molecule has 1 aliphatic heterocycles. The Hall–Kier alpha value is -1.63. The predicted molar refractivity (Wildman–Crippen MR) is 120 cm³/mol. The summed E-state index contributed by atoms with van der Waals surface area (Å²) in [6.07, 6.45) is 2.36. The zero-order valence-electron chi connectivity index (χ0n) is 20.9. The number of carbonyl (C=O) groups is 3. The van der Waals surface area contributed by atoms with Gasteiger partial charge in [0, 0.05) is 17.9 Å². The van der Waals surface area contributed by atoms with Crippen LogP contribution in [0.25, 0.3) is 0 Å². The molecule has 3 amide bonds. The third-order valence-corrected chi connectivity index (χ3v) is 6.90. The Morgan fingerprint density at radius 1 is 1.00 bits per heavy atom. The van der Waals surface area contributed by atoms with E-state index >= 15 is 0 Å². The zero-order valence-corrected chi connectivity index (χ0v) is 20.9. The highest BCUT2D eigenvalue weighted by molar-refractivity contribution is 5.82. The van der Waals surface area contributed by atoms with Gasteiger partial charge in [0.2, 0.25) is 5.91 Å². The Kier molecular flexibility index (Phi) is 6.93. The molecule has 7 nitrogen and oxygen atoms in total. The first kappa shape index (κ1) is 25.6. The Balaban J connectivity index is 2.40. The van der Waals surface area contributed by atoms with Crippen LogP contribution in [0.3, 0.4) is 0 Å². The molecule has 2 aliphatic rings. The molecule has 1 saturated heterocycles. The Morgan fingerprint density at radius 3 is 1.94 bits per heavy atom. The molecule has 1 saturated carbocycles. The summed E-state index contributed by atoms with van der Waals surface area (Å²) in [5, 5.41) is 10.1. The first-order valence-corrected chi connectivity index (χ1v) is 11.6. The Morgan fingerprint density at radius 2 is 1.52 bits per heavy atom. The lowest BCUT2D eigenvalue weighted by molar-refractivity contribution is -0.797. The number of likely N-dealkylation sites (tertiary alicyclic amines) is 1. The molecule has 2 fully saturated rings. The molecule has 1 heterocycles. The topological polar surface area (TPSA) is 83.9 Å². The van der Waals surface area contributed by atoms with Crippen LogP contribution >= 0.6 is 0 Å². The Bertz CT molecular complexity index is 708. The van der Waals surface area contributed by atoms with Crippen molar-refractivity contribution in [2.45, 2.75) is 118 Å². The van der Waals surface area contributed by atoms with E-state index in [9.17, 15) is 19.5 Å². The van der Waals surface area contributed by atoms with Gasteiger partial charge < -0.3 is 14.7 Å². The van der Waals surface area contributed by atoms with Crippen LogP contribution < -0.4 is 0 Å². The molecule has 31 heavy (non-hydrogen) atoms. The minimum atomic E-state index is -1.21. The maximum atomic E-state index is 13.6. The molecule has 0 aromatic rings. The molecule has 0 aromatic carbocycles. The van der Waals surface area contributed by atoms with Crippen LogP contribution in [0.5, 0.6) is 0 Å². The quantitative estimate of drug-likeness (QED) is 0.581. The molecule has 0 spiro atoms. The van der Waals surface area contributed by atoms with E-state index in [1.165, 1.54) is 0 Å². The number of carbonyl (C=O) groups excluding carboxylic acids is 2.